The van der Waals surface area contributed by atoms with E-state index in [9.17, 15) is 4.79 Å². The van der Waals surface area contributed by atoms with Gasteiger partial charge in [0, 0.05) is 7.05 Å². The van der Waals surface area contributed by atoms with E-state index in [1.54, 1.807) is 11.9 Å². The number of carbonyl (C=O) groups excluding carboxylic acids is 1. The first kappa shape index (κ1) is 19.2. The van der Waals surface area contributed by atoms with Crippen LogP contribution in [-0.2, 0) is 11.2 Å². The third kappa shape index (κ3) is 4.80. The van der Waals surface area contributed by atoms with E-state index in [-0.39, 0.29) is 12.0 Å². The van der Waals surface area contributed by atoms with Crippen LogP contribution in [0.25, 0.3) is 6.08 Å². The second kappa shape index (κ2) is 8.44. The Balaban J connectivity index is 1.78. The Morgan fingerprint density at radius 2 is 1.78 bits per heavy atom. The molecule has 0 saturated carbocycles. The lowest BCUT2D eigenvalue weighted by Crippen LogP contribution is -2.23. The fourth-order valence-electron chi connectivity index (χ4n) is 2.63. The molecule has 0 unspecified atom stereocenters. The quantitative estimate of drug-likeness (QED) is 0.664. The molecule has 0 radical (unpaired) electrons. The molecule has 2 aromatic carbocycles. The maximum atomic E-state index is 12.6. The van der Waals surface area contributed by atoms with Crippen molar-refractivity contribution in [2.45, 2.75) is 33.3 Å². The van der Waals surface area contributed by atoms with Crippen LogP contribution in [0.15, 0.2) is 58.4 Å². The fraction of sp³-hybridized carbons (Fsp3) is 0.273. The highest BCUT2D eigenvalue weighted by molar-refractivity contribution is 8.18. The van der Waals surface area contributed by atoms with Crippen molar-refractivity contribution in [1.29, 1.82) is 0 Å². The number of hydrogen-bond acceptors (Lipinski definition) is 4. The zero-order valence-corrected chi connectivity index (χ0v) is 16.9. The van der Waals surface area contributed by atoms with Crippen LogP contribution in [0.2, 0.25) is 0 Å². The molecule has 1 aliphatic rings. The topological polar surface area (TPSA) is 41.9 Å². The van der Waals surface area contributed by atoms with Gasteiger partial charge in [-0.3, -0.25) is 9.69 Å². The summed E-state index contributed by atoms with van der Waals surface area (Å²) in [5, 5.41) is 0.690. The third-order valence-electron chi connectivity index (χ3n) is 4.12. The lowest BCUT2D eigenvalue weighted by atomic mass is 10.2. The Hall–Kier alpha value is -2.53. The summed E-state index contributed by atoms with van der Waals surface area (Å²) in [7, 11) is 1.76. The van der Waals surface area contributed by atoms with Gasteiger partial charge in [-0.15, -0.1) is 0 Å². The standard InChI is InChI=1S/C22H24N2O2S/c1-5-16-6-10-18(11-7-16)23-22-24(4)21(25)20(27-22)14-17-8-12-19(13-9-17)26-15(2)3/h6-15H,5H2,1-4H3/b20-14-,23-22?. The highest BCUT2D eigenvalue weighted by Gasteiger charge is 2.30. The Kier molecular flexibility index (Phi) is 6.01. The molecule has 0 bridgehead atoms. The maximum Gasteiger partial charge on any atom is 0.266 e. The molecule has 1 saturated heterocycles. The van der Waals surface area contributed by atoms with Gasteiger partial charge in [0.05, 0.1) is 16.7 Å². The Labute approximate surface area is 164 Å². The molecule has 140 valence electrons. The molecule has 2 aromatic rings. The van der Waals surface area contributed by atoms with Gasteiger partial charge in [0.15, 0.2) is 5.17 Å². The summed E-state index contributed by atoms with van der Waals surface area (Å²) in [6, 6.07) is 15.9. The molecule has 0 spiro atoms. The SMILES string of the molecule is CCc1ccc(N=C2S/C(=C\c3ccc(OC(C)C)cc3)C(=O)N2C)cc1. The first-order chi connectivity index (χ1) is 13.0. The van der Waals surface area contributed by atoms with Crippen LogP contribution in [0.5, 0.6) is 5.75 Å². The number of aryl methyl sites for hydroxylation is 1. The summed E-state index contributed by atoms with van der Waals surface area (Å²) in [5.41, 5.74) is 3.09. The van der Waals surface area contributed by atoms with Gasteiger partial charge in [0.2, 0.25) is 0 Å². The van der Waals surface area contributed by atoms with Crippen molar-refractivity contribution in [3.63, 3.8) is 0 Å². The average molecular weight is 381 g/mol. The lowest BCUT2D eigenvalue weighted by molar-refractivity contribution is -0.121. The van der Waals surface area contributed by atoms with Gasteiger partial charge in [-0.2, -0.15) is 0 Å². The first-order valence-electron chi connectivity index (χ1n) is 9.08. The van der Waals surface area contributed by atoms with E-state index in [0.29, 0.717) is 10.1 Å². The molecule has 5 heteroatoms. The van der Waals surface area contributed by atoms with Crippen molar-refractivity contribution >= 4 is 34.6 Å². The van der Waals surface area contributed by atoms with Crippen molar-refractivity contribution in [2.24, 2.45) is 4.99 Å². The first-order valence-corrected chi connectivity index (χ1v) is 9.90. The highest BCUT2D eigenvalue weighted by Crippen LogP contribution is 2.33. The molecule has 0 aliphatic carbocycles. The van der Waals surface area contributed by atoms with E-state index < -0.39 is 0 Å². The van der Waals surface area contributed by atoms with E-state index in [4.69, 9.17) is 4.74 Å². The number of hydrogen-bond donors (Lipinski definition) is 0. The molecule has 3 rings (SSSR count). The molecule has 1 aliphatic heterocycles. The van der Waals surface area contributed by atoms with E-state index in [2.05, 4.69) is 24.0 Å². The Morgan fingerprint density at radius 3 is 2.37 bits per heavy atom. The molecule has 0 atom stereocenters. The van der Waals surface area contributed by atoms with Crippen LogP contribution in [0, 0.1) is 0 Å². The predicted molar refractivity (Wildman–Crippen MR) is 113 cm³/mol. The average Bonchev–Trinajstić information content (AvgIpc) is 2.91. The molecular formula is C22H24N2O2S. The van der Waals surface area contributed by atoms with Crippen molar-refractivity contribution in [3.05, 3.63) is 64.6 Å². The van der Waals surface area contributed by atoms with E-state index in [1.807, 2.05) is 56.3 Å². The summed E-state index contributed by atoms with van der Waals surface area (Å²) in [6.45, 7) is 6.12. The smallest absolute Gasteiger partial charge is 0.266 e. The van der Waals surface area contributed by atoms with E-state index >= 15 is 0 Å². The van der Waals surface area contributed by atoms with Crippen molar-refractivity contribution < 1.29 is 9.53 Å². The van der Waals surface area contributed by atoms with Gasteiger partial charge in [-0.25, -0.2) is 4.99 Å². The summed E-state index contributed by atoms with van der Waals surface area (Å²) in [6.07, 6.45) is 3.03. The zero-order valence-electron chi connectivity index (χ0n) is 16.1. The minimum atomic E-state index is -0.0357. The number of amidine groups is 1. The molecule has 27 heavy (non-hydrogen) atoms. The highest BCUT2D eigenvalue weighted by atomic mass is 32.2. The van der Waals surface area contributed by atoms with E-state index in [0.717, 1.165) is 23.4 Å². The Morgan fingerprint density at radius 1 is 1.11 bits per heavy atom. The van der Waals surface area contributed by atoms with Gasteiger partial charge in [-0.05, 0) is 73.5 Å². The molecular weight excluding hydrogens is 356 g/mol. The van der Waals surface area contributed by atoms with Gasteiger partial charge in [0.1, 0.15) is 5.75 Å². The summed E-state index contributed by atoms with van der Waals surface area (Å²) in [5.74, 6) is 0.791. The predicted octanol–water partition coefficient (Wildman–Crippen LogP) is 5.27. The summed E-state index contributed by atoms with van der Waals surface area (Å²) >= 11 is 1.40. The van der Waals surface area contributed by atoms with Crippen molar-refractivity contribution in [1.82, 2.24) is 4.90 Å². The number of likely N-dealkylation sites (N-methyl/N-ethyl adjacent to an activating group) is 1. The van der Waals surface area contributed by atoms with Crippen molar-refractivity contribution in [3.8, 4) is 5.75 Å². The number of nitrogens with zero attached hydrogens (tertiary/aromatic N) is 2. The second-order valence-corrected chi connectivity index (χ2v) is 7.63. The minimum absolute atomic E-state index is 0.0357. The molecule has 1 heterocycles. The lowest BCUT2D eigenvalue weighted by Gasteiger charge is -2.09. The van der Waals surface area contributed by atoms with Gasteiger partial charge in [0.25, 0.3) is 5.91 Å². The van der Waals surface area contributed by atoms with Crippen LogP contribution in [0.4, 0.5) is 5.69 Å². The maximum absolute atomic E-state index is 12.6. The molecule has 0 aromatic heterocycles. The Bertz CT molecular complexity index is 868. The minimum Gasteiger partial charge on any atom is -0.491 e. The number of thioether (sulfide) groups is 1. The van der Waals surface area contributed by atoms with Crippen LogP contribution in [0.3, 0.4) is 0 Å². The number of aliphatic imine (C=N–C) groups is 1. The number of carbonyl (C=O) groups is 1. The van der Waals surface area contributed by atoms with Crippen LogP contribution < -0.4 is 4.74 Å². The fourth-order valence-corrected chi connectivity index (χ4v) is 3.62. The summed E-state index contributed by atoms with van der Waals surface area (Å²) < 4.78 is 5.66. The third-order valence-corrected chi connectivity index (χ3v) is 5.18. The van der Waals surface area contributed by atoms with Gasteiger partial charge >= 0.3 is 0 Å². The van der Waals surface area contributed by atoms with E-state index in [1.165, 1.54) is 17.3 Å². The molecule has 1 amide bonds. The normalized spacial score (nSPS) is 17.4. The van der Waals surface area contributed by atoms with Gasteiger partial charge < -0.3 is 4.74 Å². The zero-order chi connectivity index (χ0) is 19.4. The number of ether oxygens (including phenoxy) is 1. The monoisotopic (exact) mass is 380 g/mol. The largest absolute Gasteiger partial charge is 0.491 e. The van der Waals surface area contributed by atoms with Gasteiger partial charge in [-0.1, -0.05) is 31.2 Å². The van der Waals surface area contributed by atoms with Crippen molar-refractivity contribution in [2.75, 3.05) is 7.05 Å². The van der Waals surface area contributed by atoms with Crippen LogP contribution in [-0.4, -0.2) is 29.1 Å². The molecule has 0 N–H and O–H groups in total. The van der Waals surface area contributed by atoms with Crippen LogP contribution in [0.1, 0.15) is 31.9 Å². The molecule has 4 nitrogen and oxygen atoms in total. The number of benzene rings is 2. The molecule has 1 fully saturated rings. The summed E-state index contributed by atoms with van der Waals surface area (Å²) in [4.78, 5) is 19.4. The second-order valence-electron chi connectivity index (χ2n) is 6.62. The van der Waals surface area contributed by atoms with Crippen LogP contribution >= 0.6 is 11.8 Å². The number of rotatable bonds is 5. The number of amides is 1.